The van der Waals surface area contributed by atoms with Crippen LogP contribution in [0, 0.1) is 0 Å². The number of furan rings is 1. The molecule has 0 bridgehead atoms. The summed E-state index contributed by atoms with van der Waals surface area (Å²) in [5.74, 6) is 0. The van der Waals surface area contributed by atoms with Gasteiger partial charge in [0.15, 0.2) is 0 Å². The van der Waals surface area contributed by atoms with Crippen LogP contribution in [-0.4, -0.2) is 8.42 Å². The minimum absolute atomic E-state index is 0.196. The Kier molecular flexibility index (Phi) is 4.26. The van der Waals surface area contributed by atoms with Gasteiger partial charge in [-0.3, -0.25) is 0 Å². The van der Waals surface area contributed by atoms with Crippen LogP contribution in [-0.2, 0) is 16.6 Å². The van der Waals surface area contributed by atoms with Crippen LogP contribution in [0.4, 0.5) is 0 Å². The van der Waals surface area contributed by atoms with E-state index in [0.717, 1.165) is 10.0 Å². The van der Waals surface area contributed by atoms with E-state index < -0.39 is 10.0 Å². The topological polar surface area (TPSA) is 59.3 Å². The lowest BCUT2D eigenvalue weighted by Gasteiger charge is -2.07. The Labute approximate surface area is 122 Å². The van der Waals surface area contributed by atoms with Crippen molar-refractivity contribution in [3.8, 4) is 0 Å². The van der Waals surface area contributed by atoms with Crippen molar-refractivity contribution in [2.75, 3.05) is 0 Å². The first-order chi connectivity index (χ1) is 8.49. The summed E-state index contributed by atoms with van der Waals surface area (Å²) in [4.78, 5) is 0.203. The highest BCUT2D eigenvalue weighted by Gasteiger charge is 2.17. The Morgan fingerprint density at radius 2 is 2.00 bits per heavy atom. The molecule has 1 N–H and O–H groups in total. The van der Waals surface area contributed by atoms with Crippen LogP contribution in [0.3, 0.4) is 0 Å². The van der Waals surface area contributed by atoms with Gasteiger partial charge < -0.3 is 4.42 Å². The second-order valence-corrected chi connectivity index (χ2v) is 7.04. The zero-order chi connectivity index (χ0) is 13.2. The fourth-order valence-corrected chi connectivity index (χ4v) is 4.10. The maximum atomic E-state index is 12.1. The largest absolute Gasteiger partial charge is 0.472 e. The second kappa shape index (κ2) is 5.56. The van der Waals surface area contributed by atoms with Gasteiger partial charge in [0, 0.05) is 21.1 Å². The Bertz CT molecular complexity index is 638. The lowest BCUT2D eigenvalue weighted by Crippen LogP contribution is -2.23. The quantitative estimate of drug-likeness (QED) is 0.865. The van der Waals surface area contributed by atoms with Crippen molar-refractivity contribution in [1.29, 1.82) is 0 Å². The van der Waals surface area contributed by atoms with E-state index in [1.165, 1.54) is 18.6 Å². The van der Waals surface area contributed by atoms with Gasteiger partial charge in [0.2, 0.25) is 10.0 Å². The summed E-state index contributed by atoms with van der Waals surface area (Å²) in [6, 6.07) is 6.61. The molecule has 7 heteroatoms. The van der Waals surface area contributed by atoms with Gasteiger partial charge in [0.1, 0.15) is 0 Å². The second-order valence-electron chi connectivity index (χ2n) is 3.53. The van der Waals surface area contributed by atoms with E-state index >= 15 is 0 Å². The van der Waals surface area contributed by atoms with E-state index in [1.54, 1.807) is 18.2 Å². The van der Waals surface area contributed by atoms with E-state index in [-0.39, 0.29) is 11.4 Å². The van der Waals surface area contributed by atoms with Crippen LogP contribution in [0.1, 0.15) is 5.56 Å². The van der Waals surface area contributed by atoms with Crippen LogP contribution in [0.25, 0.3) is 0 Å². The smallest absolute Gasteiger partial charge is 0.241 e. The third kappa shape index (κ3) is 3.23. The van der Waals surface area contributed by atoms with Crippen LogP contribution in [0.15, 0.2) is 55.0 Å². The molecular weight excluding hydrogens is 386 g/mol. The standard InChI is InChI=1S/C11H9Br2NO3S/c12-9-1-2-11(10(13)5-9)18(15,16)14-6-8-3-4-17-7-8/h1-5,7,14H,6H2. The van der Waals surface area contributed by atoms with E-state index in [1.807, 2.05) is 0 Å². The average molecular weight is 395 g/mol. The number of nitrogens with one attached hydrogen (secondary N) is 1. The van der Waals surface area contributed by atoms with Crippen molar-refractivity contribution in [2.24, 2.45) is 0 Å². The molecule has 0 spiro atoms. The summed E-state index contributed by atoms with van der Waals surface area (Å²) in [7, 11) is -3.54. The van der Waals surface area contributed by atoms with Crippen LogP contribution >= 0.6 is 31.9 Å². The molecule has 0 fully saturated rings. The van der Waals surface area contributed by atoms with Gasteiger partial charge in [-0.15, -0.1) is 0 Å². The molecule has 0 radical (unpaired) electrons. The van der Waals surface area contributed by atoms with Gasteiger partial charge in [-0.05, 0) is 40.2 Å². The molecule has 0 aliphatic carbocycles. The minimum Gasteiger partial charge on any atom is -0.472 e. The Morgan fingerprint density at radius 1 is 1.22 bits per heavy atom. The molecule has 2 aromatic rings. The normalized spacial score (nSPS) is 11.7. The minimum atomic E-state index is -3.54. The van der Waals surface area contributed by atoms with E-state index in [4.69, 9.17) is 4.42 Å². The van der Waals surface area contributed by atoms with E-state index in [0.29, 0.717) is 4.47 Å². The summed E-state index contributed by atoms with van der Waals surface area (Å²) >= 11 is 6.51. The van der Waals surface area contributed by atoms with Gasteiger partial charge in [0.25, 0.3) is 0 Å². The first-order valence-corrected chi connectivity index (χ1v) is 8.02. The van der Waals surface area contributed by atoms with Gasteiger partial charge in [0.05, 0.1) is 17.4 Å². The third-order valence-electron chi connectivity index (χ3n) is 2.23. The Morgan fingerprint density at radius 3 is 2.61 bits per heavy atom. The maximum Gasteiger partial charge on any atom is 0.241 e. The van der Waals surface area contributed by atoms with Crippen molar-refractivity contribution in [1.82, 2.24) is 4.72 Å². The summed E-state index contributed by atoms with van der Waals surface area (Å²) in [5, 5.41) is 0. The highest BCUT2D eigenvalue weighted by Crippen LogP contribution is 2.25. The molecule has 18 heavy (non-hydrogen) atoms. The maximum absolute atomic E-state index is 12.1. The highest BCUT2D eigenvalue weighted by atomic mass is 79.9. The SMILES string of the molecule is O=S(=O)(NCc1ccoc1)c1ccc(Br)cc1Br. The van der Waals surface area contributed by atoms with Crippen molar-refractivity contribution in [3.05, 3.63) is 51.3 Å². The number of halogens is 2. The molecule has 1 heterocycles. The Hall–Kier alpha value is -0.630. The Balaban J connectivity index is 2.20. The van der Waals surface area contributed by atoms with Gasteiger partial charge in [-0.1, -0.05) is 15.9 Å². The number of benzene rings is 1. The molecule has 0 saturated carbocycles. The van der Waals surface area contributed by atoms with E-state index in [2.05, 4.69) is 36.6 Å². The van der Waals surface area contributed by atoms with Crippen molar-refractivity contribution >= 4 is 41.9 Å². The summed E-state index contributed by atoms with van der Waals surface area (Å²) in [6.07, 6.45) is 3.00. The van der Waals surface area contributed by atoms with Gasteiger partial charge in [-0.25, -0.2) is 13.1 Å². The zero-order valence-corrected chi connectivity index (χ0v) is 13.0. The molecule has 96 valence electrons. The molecule has 4 nitrogen and oxygen atoms in total. The molecule has 0 unspecified atom stereocenters. The van der Waals surface area contributed by atoms with Crippen molar-refractivity contribution < 1.29 is 12.8 Å². The lowest BCUT2D eigenvalue weighted by molar-refractivity contribution is 0.561. The molecule has 1 aromatic carbocycles. The lowest BCUT2D eigenvalue weighted by atomic mass is 10.4. The summed E-state index contributed by atoms with van der Waals surface area (Å²) < 4.78 is 32.8. The van der Waals surface area contributed by atoms with E-state index in [9.17, 15) is 8.42 Å². The monoisotopic (exact) mass is 393 g/mol. The zero-order valence-electron chi connectivity index (χ0n) is 9.06. The first kappa shape index (κ1) is 13.8. The molecule has 0 atom stereocenters. The molecule has 0 aliphatic heterocycles. The number of rotatable bonds is 4. The van der Waals surface area contributed by atoms with Crippen molar-refractivity contribution in [2.45, 2.75) is 11.4 Å². The third-order valence-corrected chi connectivity index (χ3v) is 5.10. The molecule has 0 aliphatic rings. The fraction of sp³-hybridized carbons (Fsp3) is 0.0909. The first-order valence-electron chi connectivity index (χ1n) is 4.95. The predicted molar refractivity (Wildman–Crippen MR) is 74.6 cm³/mol. The van der Waals surface area contributed by atoms with Gasteiger partial charge >= 0.3 is 0 Å². The summed E-state index contributed by atoms with van der Waals surface area (Å²) in [6.45, 7) is 0.196. The summed E-state index contributed by atoms with van der Waals surface area (Å²) in [5.41, 5.74) is 0.770. The van der Waals surface area contributed by atoms with Crippen LogP contribution < -0.4 is 4.72 Å². The van der Waals surface area contributed by atoms with Crippen LogP contribution in [0.2, 0.25) is 0 Å². The molecule has 2 rings (SSSR count). The molecular formula is C11H9Br2NO3S. The molecule has 1 aromatic heterocycles. The van der Waals surface area contributed by atoms with Crippen molar-refractivity contribution in [3.63, 3.8) is 0 Å². The number of hydrogen-bond acceptors (Lipinski definition) is 3. The average Bonchev–Trinajstić information content (AvgIpc) is 2.78. The predicted octanol–water partition coefficient (Wildman–Crippen LogP) is 3.28. The molecule has 0 saturated heterocycles. The number of sulfonamides is 1. The van der Waals surface area contributed by atoms with Gasteiger partial charge in [-0.2, -0.15) is 0 Å². The van der Waals surface area contributed by atoms with Crippen LogP contribution in [0.5, 0.6) is 0 Å². The molecule has 0 amide bonds. The number of hydrogen-bond donors (Lipinski definition) is 1. The fourth-order valence-electron chi connectivity index (χ4n) is 1.34. The highest BCUT2D eigenvalue weighted by molar-refractivity contribution is 9.11.